The van der Waals surface area contributed by atoms with Crippen molar-refractivity contribution >= 4 is 11.4 Å². The lowest BCUT2D eigenvalue weighted by Gasteiger charge is -2.18. The highest BCUT2D eigenvalue weighted by Gasteiger charge is 2.19. The van der Waals surface area contributed by atoms with E-state index < -0.39 is 0 Å². The van der Waals surface area contributed by atoms with Crippen molar-refractivity contribution in [3.05, 3.63) is 58.8 Å². The maximum atomic E-state index is 4.59. The zero-order valence-corrected chi connectivity index (χ0v) is 12.1. The first-order chi connectivity index (χ1) is 9.21. The molecule has 1 aromatic carbocycles. The molecule has 2 heteroatoms. The summed E-state index contributed by atoms with van der Waals surface area (Å²) in [4.78, 5) is 9.03. The summed E-state index contributed by atoms with van der Waals surface area (Å²) in [6, 6.07) is 8.54. The van der Waals surface area contributed by atoms with Gasteiger partial charge in [0.1, 0.15) is 0 Å². The molecule has 0 saturated heterocycles. The van der Waals surface area contributed by atoms with Crippen molar-refractivity contribution in [3.63, 3.8) is 0 Å². The number of aryl methyl sites for hydroxylation is 1. The van der Waals surface area contributed by atoms with Crippen molar-refractivity contribution in [1.29, 1.82) is 0 Å². The molecule has 0 atom stereocenters. The first-order valence-electron chi connectivity index (χ1n) is 6.69. The Morgan fingerprint density at radius 2 is 2.11 bits per heavy atom. The molecule has 2 rings (SSSR count). The molecule has 0 N–H and O–H groups in total. The van der Waals surface area contributed by atoms with E-state index in [-0.39, 0.29) is 0 Å². The van der Waals surface area contributed by atoms with Crippen LogP contribution in [0.3, 0.4) is 0 Å². The van der Waals surface area contributed by atoms with Crippen LogP contribution >= 0.6 is 0 Å². The van der Waals surface area contributed by atoms with Gasteiger partial charge < -0.3 is 0 Å². The van der Waals surface area contributed by atoms with Gasteiger partial charge in [0.2, 0.25) is 0 Å². The van der Waals surface area contributed by atoms with E-state index in [0.717, 1.165) is 23.4 Å². The third-order valence-corrected chi connectivity index (χ3v) is 3.41. The molecule has 0 unspecified atom stereocenters. The molecule has 0 amide bonds. The number of rotatable bonds is 2. The van der Waals surface area contributed by atoms with E-state index in [1.807, 2.05) is 20.2 Å². The Morgan fingerprint density at radius 1 is 1.32 bits per heavy atom. The molecule has 19 heavy (non-hydrogen) atoms. The summed E-state index contributed by atoms with van der Waals surface area (Å²) in [5.41, 5.74) is 6.76. The second kappa shape index (κ2) is 5.79. The van der Waals surface area contributed by atoms with Crippen LogP contribution in [0, 0.1) is 0 Å². The molecular weight excluding hydrogens is 232 g/mol. The van der Waals surface area contributed by atoms with E-state index in [9.17, 15) is 0 Å². The molecule has 0 aromatic heterocycles. The van der Waals surface area contributed by atoms with Gasteiger partial charge >= 0.3 is 0 Å². The molecule has 0 fully saturated rings. The molecule has 2 nitrogen and oxygen atoms in total. The quantitative estimate of drug-likeness (QED) is 0.761. The minimum Gasteiger partial charge on any atom is -0.286 e. The third-order valence-electron chi connectivity index (χ3n) is 3.41. The summed E-state index contributed by atoms with van der Waals surface area (Å²) in [5, 5.41) is 0. The number of aliphatic imine (C=N–C) groups is 2. The highest BCUT2D eigenvalue weighted by atomic mass is 14.8. The van der Waals surface area contributed by atoms with Crippen molar-refractivity contribution in [3.8, 4) is 0 Å². The van der Waals surface area contributed by atoms with Gasteiger partial charge in [0.15, 0.2) is 0 Å². The van der Waals surface area contributed by atoms with Crippen molar-refractivity contribution in [2.75, 3.05) is 7.05 Å². The number of allylic oxidation sites excluding steroid dienone is 3. The topological polar surface area (TPSA) is 24.7 Å². The molecule has 1 aromatic rings. The minimum absolute atomic E-state index is 0.969. The molecular formula is C17H20N2. The lowest BCUT2D eigenvalue weighted by Crippen LogP contribution is -2.21. The summed E-state index contributed by atoms with van der Waals surface area (Å²) in [6.07, 6.45) is 5.07. The predicted octanol–water partition coefficient (Wildman–Crippen LogP) is 3.97. The van der Waals surface area contributed by atoms with Gasteiger partial charge in [-0.1, -0.05) is 31.2 Å². The number of hydrogen-bond donors (Lipinski definition) is 0. The minimum atomic E-state index is 0.969. The van der Waals surface area contributed by atoms with Gasteiger partial charge in [-0.3, -0.25) is 9.98 Å². The lowest BCUT2D eigenvalue weighted by atomic mass is 9.92. The monoisotopic (exact) mass is 252 g/mol. The summed E-state index contributed by atoms with van der Waals surface area (Å²) in [6.45, 7) is 6.28. The molecule has 98 valence electrons. The summed E-state index contributed by atoms with van der Waals surface area (Å²) < 4.78 is 0. The fourth-order valence-electron chi connectivity index (χ4n) is 2.35. The van der Waals surface area contributed by atoms with Crippen molar-refractivity contribution < 1.29 is 0 Å². The zero-order chi connectivity index (χ0) is 13.8. The van der Waals surface area contributed by atoms with Gasteiger partial charge in [-0.2, -0.15) is 0 Å². The lowest BCUT2D eigenvalue weighted by molar-refractivity contribution is 1.14. The van der Waals surface area contributed by atoms with Crippen LogP contribution in [-0.2, 0) is 6.42 Å². The maximum Gasteiger partial charge on any atom is 0.0960 e. The van der Waals surface area contributed by atoms with E-state index in [1.165, 1.54) is 16.7 Å². The Balaban J connectivity index is 2.54. The molecule has 0 spiro atoms. The van der Waals surface area contributed by atoms with Crippen LogP contribution in [0.1, 0.15) is 31.9 Å². The first-order valence-corrected chi connectivity index (χ1v) is 6.69. The standard InChI is InChI=1S/C17H20N2/c1-5-13-8-7-9-14(10-13)16-17(18-4)15(6-2)12(3)11-19-16/h6-11H,5H2,1-4H3/b15-6-,18-17?. The smallest absolute Gasteiger partial charge is 0.0960 e. The second-order valence-electron chi connectivity index (χ2n) is 4.62. The van der Waals surface area contributed by atoms with E-state index in [1.54, 1.807) is 0 Å². The van der Waals surface area contributed by atoms with Crippen LogP contribution in [0.5, 0.6) is 0 Å². The van der Waals surface area contributed by atoms with Crippen LogP contribution in [0.15, 0.2) is 57.7 Å². The second-order valence-corrected chi connectivity index (χ2v) is 4.62. The first kappa shape index (κ1) is 13.5. The predicted molar refractivity (Wildman–Crippen MR) is 83.2 cm³/mol. The molecule has 0 aliphatic carbocycles. The summed E-state index contributed by atoms with van der Waals surface area (Å²) in [5.74, 6) is 0. The Labute approximate surface area is 115 Å². The van der Waals surface area contributed by atoms with Crippen LogP contribution in [0.2, 0.25) is 0 Å². The summed E-state index contributed by atoms with van der Waals surface area (Å²) in [7, 11) is 1.83. The largest absolute Gasteiger partial charge is 0.286 e. The van der Waals surface area contributed by atoms with Gasteiger partial charge in [0.05, 0.1) is 11.4 Å². The number of benzene rings is 1. The molecule has 1 aliphatic rings. The van der Waals surface area contributed by atoms with Crippen LogP contribution in [0.4, 0.5) is 0 Å². The fourth-order valence-corrected chi connectivity index (χ4v) is 2.35. The van der Waals surface area contributed by atoms with E-state index in [0.29, 0.717) is 0 Å². The van der Waals surface area contributed by atoms with Gasteiger partial charge in [0.25, 0.3) is 0 Å². The van der Waals surface area contributed by atoms with Gasteiger partial charge in [-0.05, 0) is 37.5 Å². The average molecular weight is 252 g/mol. The molecule has 0 radical (unpaired) electrons. The summed E-state index contributed by atoms with van der Waals surface area (Å²) >= 11 is 0. The SMILES string of the molecule is C/C=C1/C(C)=CN=C(c2cccc(CC)c2)C1=NC. The van der Waals surface area contributed by atoms with Crippen LogP contribution in [0.25, 0.3) is 0 Å². The third kappa shape index (κ3) is 2.58. The Hall–Kier alpha value is -1.96. The van der Waals surface area contributed by atoms with E-state index in [2.05, 4.69) is 54.2 Å². The maximum absolute atomic E-state index is 4.59. The van der Waals surface area contributed by atoms with Crippen LogP contribution in [-0.4, -0.2) is 18.5 Å². The number of nitrogens with zero attached hydrogens (tertiary/aromatic N) is 2. The Kier molecular flexibility index (Phi) is 4.10. The van der Waals surface area contributed by atoms with Gasteiger partial charge in [0, 0.05) is 24.4 Å². The normalized spacial score (nSPS) is 19.6. The fraction of sp³-hybridized carbons (Fsp3) is 0.294. The van der Waals surface area contributed by atoms with E-state index >= 15 is 0 Å². The van der Waals surface area contributed by atoms with Gasteiger partial charge in [-0.15, -0.1) is 0 Å². The van der Waals surface area contributed by atoms with E-state index in [4.69, 9.17) is 0 Å². The highest BCUT2D eigenvalue weighted by Crippen LogP contribution is 2.21. The Bertz CT molecular complexity index is 601. The van der Waals surface area contributed by atoms with Crippen molar-refractivity contribution in [1.82, 2.24) is 0 Å². The molecule has 1 heterocycles. The Morgan fingerprint density at radius 3 is 2.74 bits per heavy atom. The number of hydrogen-bond acceptors (Lipinski definition) is 2. The highest BCUT2D eigenvalue weighted by molar-refractivity contribution is 6.55. The zero-order valence-electron chi connectivity index (χ0n) is 12.1. The van der Waals surface area contributed by atoms with Gasteiger partial charge in [-0.25, -0.2) is 0 Å². The van der Waals surface area contributed by atoms with Crippen molar-refractivity contribution in [2.24, 2.45) is 9.98 Å². The average Bonchev–Trinajstić information content (AvgIpc) is 2.46. The van der Waals surface area contributed by atoms with Crippen molar-refractivity contribution in [2.45, 2.75) is 27.2 Å². The molecule has 0 saturated carbocycles. The molecule has 1 aliphatic heterocycles. The molecule has 0 bridgehead atoms. The van der Waals surface area contributed by atoms with Crippen LogP contribution < -0.4 is 0 Å².